The molecule has 6 aliphatic heterocycles. The van der Waals surface area contributed by atoms with E-state index in [9.17, 15) is 14.4 Å². The maximum atomic E-state index is 12.5. The van der Waals surface area contributed by atoms with Gasteiger partial charge in [-0.05, 0) is 159 Å². The van der Waals surface area contributed by atoms with Crippen molar-refractivity contribution in [3.05, 3.63) is 58.7 Å². The van der Waals surface area contributed by atoms with Gasteiger partial charge in [0.15, 0.2) is 0 Å². The Kier molecular flexibility index (Phi) is 16.2. The summed E-state index contributed by atoms with van der Waals surface area (Å²) in [4.78, 5) is 46.1. The molecule has 2 aromatic carbocycles. The number of hydrogen-bond donors (Lipinski definition) is 1. The van der Waals surface area contributed by atoms with Crippen molar-refractivity contribution in [1.82, 2.24) is 20.0 Å². The average Bonchev–Trinajstić information content (AvgIpc) is 3.79. The van der Waals surface area contributed by atoms with E-state index in [-0.39, 0.29) is 24.0 Å². The number of carbonyl (C=O) groups is 3. The van der Waals surface area contributed by atoms with Crippen molar-refractivity contribution in [2.24, 2.45) is 0 Å². The minimum absolute atomic E-state index is 0. The predicted molar refractivity (Wildman–Crippen MR) is 251 cm³/mol. The predicted octanol–water partition coefficient (Wildman–Crippen LogP) is 6.95. The lowest BCUT2D eigenvalue weighted by molar-refractivity contribution is -0.215. The zero-order chi connectivity index (χ0) is 44.9. The molecule has 0 aliphatic carbocycles. The molecule has 6 aliphatic rings. The molecule has 1 N–H and O–H groups in total. The van der Waals surface area contributed by atoms with E-state index in [4.69, 9.17) is 23.7 Å². The highest BCUT2D eigenvalue weighted by Gasteiger charge is 2.45. The van der Waals surface area contributed by atoms with E-state index in [1.165, 1.54) is 73.0 Å². The monoisotopic (exact) mass is 911 g/mol. The second-order valence-corrected chi connectivity index (χ2v) is 20.3. The van der Waals surface area contributed by atoms with E-state index < -0.39 is 17.2 Å². The minimum Gasteiger partial charge on any atom is -0.444 e. The number of halogens is 1. The van der Waals surface area contributed by atoms with Crippen LogP contribution in [0.4, 0.5) is 16.2 Å². The van der Waals surface area contributed by atoms with Crippen LogP contribution in [-0.2, 0) is 46.4 Å². The van der Waals surface area contributed by atoms with E-state index in [1.807, 2.05) is 39.5 Å². The van der Waals surface area contributed by atoms with E-state index in [1.54, 1.807) is 0 Å². The molecule has 6 saturated heterocycles. The van der Waals surface area contributed by atoms with E-state index in [0.717, 1.165) is 77.4 Å². The third kappa shape index (κ3) is 12.2. The number of ether oxygens (including phenoxy) is 5. The van der Waals surface area contributed by atoms with Crippen LogP contribution in [0.3, 0.4) is 0 Å². The van der Waals surface area contributed by atoms with Gasteiger partial charge in [-0.1, -0.05) is 12.1 Å². The maximum Gasteiger partial charge on any atom is 0.410 e. The summed E-state index contributed by atoms with van der Waals surface area (Å²) in [6.07, 6.45) is 9.30. The first-order valence-corrected chi connectivity index (χ1v) is 23.4. The number of nitrogens with zero attached hydrogens (tertiary/aromatic N) is 5. The molecule has 0 bridgehead atoms. The van der Waals surface area contributed by atoms with Crippen molar-refractivity contribution in [3.8, 4) is 0 Å². The third-order valence-electron chi connectivity index (χ3n) is 14.2. The number of nitrogens with one attached hydrogen (secondary N) is 1. The summed E-state index contributed by atoms with van der Waals surface area (Å²) in [7, 11) is 0. The number of rotatable bonds is 10. The van der Waals surface area contributed by atoms with Gasteiger partial charge in [-0.3, -0.25) is 19.4 Å². The molecule has 8 rings (SSSR count). The molecule has 14 nitrogen and oxygen atoms in total. The second kappa shape index (κ2) is 20.9. The van der Waals surface area contributed by atoms with E-state index in [0.29, 0.717) is 44.8 Å². The first-order valence-electron chi connectivity index (χ1n) is 23.4. The van der Waals surface area contributed by atoms with Crippen molar-refractivity contribution in [2.75, 3.05) is 88.5 Å². The quantitative estimate of drug-likeness (QED) is 0.196. The molecule has 6 fully saturated rings. The van der Waals surface area contributed by atoms with Crippen LogP contribution in [0.15, 0.2) is 36.4 Å². The number of hydrogen-bond acceptors (Lipinski definition) is 13. The zero-order valence-corrected chi connectivity index (χ0v) is 40.4. The van der Waals surface area contributed by atoms with Crippen molar-refractivity contribution >= 4 is 42.8 Å². The molecule has 0 aromatic heterocycles. The number of benzene rings is 2. The van der Waals surface area contributed by atoms with Gasteiger partial charge in [0.25, 0.3) is 12.9 Å². The summed E-state index contributed by atoms with van der Waals surface area (Å²) in [5.41, 5.74) is 7.56. The molecule has 0 saturated carbocycles. The lowest BCUT2D eigenvalue weighted by Gasteiger charge is -2.45. The van der Waals surface area contributed by atoms with Gasteiger partial charge >= 0.3 is 6.09 Å². The van der Waals surface area contributed by atoms with Crippen molar-refractivity contribution < 1.29 is 38.1 Å². The summed E-state index contributed by atoms with van der Waals surface area (Å²) in [6, 6.07) is 13.6. The van der Waals surface area contributed by atoms with Crippen LogP contribution in [0.2, 0.25) is 0 Å². The van der Waals surface area contributed by atoms with Crippen LogP contribution >= 0.6 is 12.4 Å². The standard InChI is InChI=1S/C27H41N3O5.C22H33N3O3.ClH/c1-21-15-22(17-23(16-21)29-13-14-33-26(5,19-29)34-20-31)18-30-10-6-7-27(30)8-11-28(12-9-27)24(32)35-25(2,3)4;1-18-12-19(15-25-9-3-4-22(25)5-7-23-8-6-22)14-20(13-18)24-10-11-27-21(2,16-24)28-17-26;/h15-17,20H,6-14,18-19H2,1-5H3;12-14,17,23H,3-11,15-16H2,1-2H3;1H. The van der Waals surface area contributed by atoms with Gasteiger partial charge in [0.05, 0.1) is 26.3 Å². The van der Waals surface area contributed by atoms with E-state index >= 15 is 0 Å². The Morgan fingerprint density at radius 2 is 1.12 bits per heavy atom. The first kappa shape index (κ1) is 49.8. The van der Waals surface area contributed by atoms with Crippen molar-refractivity contribution in [3.63, 3.8) is 0 Å². The number of piperidine rings is 2. The molecule has 64 heavy (non-hydrogen) atoms. The Bertz CT molecular complexity index is 1900. The fourth-order valence-electron chi connectivity index (χ4n) is 11.1. The molecular formula is C49H75ClN6O8. The largest absolute Gasteiger partial charge is 0.444 e. The van der Waals surface area contributed by atoms with Crippen LogP contribution < -0.4 is 15.1 Å². The Hall–Kier alpha value is -3.66. The van der Waals surface area contributed by atoms with Gasteiger partial charge in [0.1, 0.15) is 5.60 Å². The van der Waals surface area contributed by atoms with Crippen LogP contribution in [0.25, 0.3) is 0 Å². The SMILES string of the molecule is Cc1cc(CN2CCCC23CCN(C(=O)OC(C)(C)C)CC3)cc(N2CCOC(C)(OC=O)C2)c1.Cc1cc(CN2CCCC23CCNCC3)cc(N2CCOC(C)(OC=O)C2)c1.Cl. The third-order valence-corrected chi connectivity index (χ3v) is 14.2. The highest BCUT2D eigenvalue weighted by molar-refractivity contribution is 5.85. The summed E-state index contributed by atoms with van der Waals surface area (Å²) in [6.45, 7) is 26.3. The van der Waals surface area contributed by atoms with Gasteiger partial charge < -0.3 is 43.7 Å². The van der Waals surface area contributed by atoms with Crippen LogP contribution in [0, 0.1) is 13.8 Å². The summed E-state index contributed by atoms with van der Waals surface area (Å²) in [5.74, 6) is -1.80. The molecule has 2 unspecified atom stereocenters. The highest BCUT2D eigenvalue weighted by atomic mass is 35.5. The van der Waals surface area contributed by atoms with Gasteiger partial charge in [-0.25, -0.2) is 4.79 Å². The number of amides is 1. The summed E-state index contributed by atoms with van der Waals surface area (Å²) < 4.78 is 27.4. The number of carbonyl (C=O) groups excluding carboxylic acids is 3. The van der Waals surface area contributed by atoms with Gasteiger partial charge in [0, 0.05) is 75.6 Å². The first-order chi connectivity index (χ1) is 30.0. The molecule has 0 radical (unpaired) electrons. The fraction of sp³-hybridized carbons (Fsp3) is 0.694. The Morgan fingerprint density at radius 3 is 1.56 bits per heavy atom. The molecule has 15 heteroatoms. The number of morpholine rings is 2. The molecule has 6 heterocycles. The molecular weight excluding hydrogens is 836 g/mol. The normalized spacial score (nSPS) is 25.9. The fourth-order valence-corrected chi connectivity index (χ4v) is 11.1. The summed E-state index contributed by atoms with van der Waals surface area (Å²) in [5, 5.41) is 3.52. The molecule has 2 spiro atoms. The maximum absolute atomic E-state index is 12.5. The van der Waals surface area contributed by atoms with Crippen molar-refractivity contribution in [1.29, 1.82) is 0 Å². The van der Waals surface area contributed by atoms with Gasteiger partial charge in [-0.15, -0.1) is 12.4 Å². The zero-order valence-electron chi connectivity index (χ0n) is 39.6. The second-order valence-electron chi connectivity index (χ2n) is 20.3. The molecule has 1 amide bonds. The molecule has 2 aromatic rings. The van der Waals surface area contributed by atoms with Gasteiger partial charge in [-0.2, -0.15) is 0 Å². The van der Waals surface area contributed by atoms with Crippen LogP contribution in [-0.4, -0.2) is 141 Å². The van der Waals surface area contributed by atoms with Crippen molar-refractivity contribution in [2.45, 2.75) is 141 Å². The Balaban J connectivity index is 0.000000214. The number of aryl methyl sites for hydroxylation is 2. The van der Waals surface area contributed by atoms with E-state index in [2.05, 4.69) is 75.2 Å². The lowest BCUT2D eigenvalue weighted by atomic mass is 9.84. The average molecular weight is 912 g/mol. The smallest absolute Gasteiger partial charge is 0.410 e. The topological polar surface area (TPSA) is 126 Å². The lowest BCUT2D eigenvalue weighted by Crippen LogP contribution is -2.53. The van der Waals surface area contributed by atoms with Crippen LogP contribution in [0.5, 0.6) is 0 Å². The Morgan fingerprint density at radius 1 is 0.672 bits per heavy atom. The Labute approximate surface area is 388 Å². The van der Waals surface area contributed by atoms with Crippen LogP contribution in [0.1, 0.15) is 108 Å². The minimum atomic E-state index is -0.926. The highest BCUT2D eigenvalue weighted by Crippen LogP contribution is 2.41. The number of likely N-dealkylation sites (tertiary alicyclic amines) is 3. The molecule has 2 atom stereocenters. The van der Waals surface area contributed by atoms with Gasteiger partial charge in [0.2, 0.25) is 11.6 Å². The number of anilines is 2. The summed E-state index contributed by atoms with van der Waals surface area (Å²) >= 11 is 0. The molecule has 356 valence electrons.